The number of amides is 2. The number of rotatable bonds is 9. The number of para-hydroxylation sites is 1. The van der Waals surface area contributed by atoms with Crippen LogP contribution >= 0.6 is 0 Å². The first-order chi connectivity index (χ1) is 13.1. The predicted octanol–water partition coefficient (Wildman–Crippen LogP) is 4.25. The van der Waals surface area contributed by atoms with Gasteiger partial charge in [-0.15, -0.1) is 0 Å². The molecule has 1 heterocycles. The number of hydrogen-bond donors (Lipinski definition) is 1. The molecule has 7 heteroatoms. The molecule has 2 rings (SSSR count). The Kier molecular flexibility index (Phi) is 7.85. The van der Waals surface area contributed by atoms with Gasteiger partial charge in [0, 0.05) is 12.2 Å². The third-order valence-electron chi connectivity index (χ3n) is 4.23. The maximum absolute atomic E-state index is 12.8. The number of oxazole rings is 1. The topological polar surface area (TPSA) is 84.7 Å². The second-order valence-corrected chi connectivity index (χ2v) is 6.19. The largest absolute Gasteiger partial charge is 0.464 e. The molecule has 0 bridgehead atoms. The SMILES string of the molecule is CCCCCN(Cc1nc(C(=O)OC)co1)C(=O)Nc1ccccc1CC. The van der Waals surface area contributed by atoms with Crippen molar-refractivity contribution in [3.8, 4) is 0 Å². The number of methoxy groups -OCH3 is 1. The first kappa shape index (κ1) is 20.5. The summed E-state index contributed by atoms with van der Waals surface area (Å²) in [7, 11) is 1.28. The van der Waals surface area contributed by atoms with Gasteiger partial charge in [-0.1, -0.05) is 44.9 Å². The van der Waals surface area contributed by atoms with E-state index >= 15 is 0 Å². The van der Waals surface area contributed by atoms with E-state index in [0.717, 1.165) is 36.9 Å². The Hall–Kier alpha value is -2.83. The highest BCUT2D eigenvalue weighted by Crippen LogP contribution is 2.17. The van der Waals surface area contributed by atoms with E-state index < -0.39 is 5.97 Å². The Labute approximate surface area is 159 Å². The average molecular weight is 373 g/mol. The van der Waals surface area contributed by atoms with Crippen LogP contribution in [-0.4, -0.2) is 35.5 Å². The van der Waals surface area contributed by atoms with E-state index in [1.807, 2.05) is 31.2 Å². The number of carbonyl (C=O) groups is 2. The molecule has 1 N–H and O–H groups in total. The summed E-state index contributed by atoms with van der Waals surface area (Å²) in [5.41, 5.74) is 1.97. The molecule has 0 aliphatic heterocycles. The van der Waals surface area contributed by atoms with Crippen molar-refractivity contribution in [3.63, 3.8) is 0 Å². The number of anilines is 1. The molecule has 0 spiro atoms. The monoisotopic (exact) mass is 373 g/mol. The lowest BCUT2D eigenvalue weighted by Crippen LogP contribution is -2.35. The Morgan fingerprint density at radius 2 is 2.00 bits per heavy atom. The minimum Gasteiger partial charge on any atom is -0.464 e. The van der Waals surface area contributed by atoms with Crippen LogP contribution in [0.1, 0.15) is 55.1 Å². The molecule has 0 saturated heterocycles. The number of benzene rings is 1. The first-order valence-corrected chi connectivity index (χ1v) is 9.25. The van der Waals surface area contributed by atoms with Crippen LogP contribution in [0.3, 0.4) is 0 Å². The molecule has 1 aromatic carbocycles. The molecule has 27 heavy (non-hydrogen) atoms. The molecule has 1 aromatic heterocycles. The Balaban J connectivity index is 2.11. The third kappa shape index (κ3) is 5.84. The van der Waals surface area contributed by atoms with Crippen LogP contribution in [0.25, 0.3) is 0 Å². The standard InChI is InChI=1S/C20H27N3O4/c1-4-6-9-12-23(13-18-21-17(14-27-18)19(24)26-3)20(25)22-16-11-8-7-10-15(16)5-2/h7-8,10-11,14H,4-6,9,12-13H2,1-3H3,(H,22,25). The molecule has 0 saturated carbocycles. The lowest BCUT2D eigenvalue weighted by molar-refractivity contribution is 0.0594. The van der Waals surface area contributed by atoms with Crippen LogP contribution < -0.4 is 5.32 Å². The fourth-order valence-corrected chi connectivity index (χ4v) is 2.69. The highest BCUT2D eigenvalue weighted by molar-refractivity contribution is 5.90. The zero-order valence-corrected chi connectivity index (χ0v) is 16.2. The first-order valence-electron chi connectivity index (χ1n) is 9.25. The van der Waals surface area contributed by atoms with E-state index in [9.17, 15) is 9.59 Å². The number of nitrogens with zero attached hydrogens (tertiary/aromatic N) is 2. The fourth-order valence-electron chi connectivity index (χ4n) is 2.69. The van der Waals surface area contributed by atoms with Crippen LogP contribution in [-0.2, 0) is 17.7 Å². The van der Waals surface area contributed by atoms with Crippen molar-refractivity contribution >= 4 is 17.7 Å². The molecule has 0 aliphatic carbocycles. The highest BCUT2D eigenvalue weighted by Gasteiger charge is 2.19. The van der Waals surface area contributed by atoms with Crippen molar-refractivity contribution in [2.75, 3.05) is 19.0 Å². The molecule has 7 nitrogen and oxygen atoms in total. The van der Waals surface area contributed by atoms with E-state index in [1.165, 1.54) is 13.4 Å². The Morgan fingerprint density at radius 3 is 2.70 bits per heavy atom. The fraction of sp³-hybridized carbons (Fsp3) is 0.450. The number of unbranched alkanes of at least 4 members (excludes halogenated alkanes) is 2. The van der Waals surface area contributed by atoms with E-state index in [0.29, 0.717) is 12.4 Å². The minimum atomic E-state index is -0.566. The van der Waals surface area contributed by atoms with Crippen molar-refractivity contribution in [1.29, 1.82) is 0 Å². The molecule has 0 radical (unpaired) electrons. The number of esters is 1. The molecule has 0 atom stereocenters. The van der Waals surface area contributed by atoms with Crippen LogP contribution in [0.15, 0.2) is 34.9 Å². The average Bonchev–Trinajstić information content (AvgIpc) is 3.15. The van der Waals surface area contributed by atoms with Gasteiger partial charge in [0.05, 0.1) is 13.7 Å². The van der Waals surface area contributed by atoms with Gasteiger partial charge in [0.25, 0.3) is 0 Å². The third-order valence-corrected chi connectivity index (χ3v) is 4.23. The van der Waals surface area contributed by atoms with E-state index in [2.05, 4.69) is 22.0 Å². The van der Waals surface area contributed by atoms with E-state index in [4.69, 9.17) is 4.42 Å². The molecule has 2 amide bonds. The minimum absolute atomic E-state index is 0.0951. The van der Waals surface area contributed by atoms with Gasteiger partial charge in [-0.05, 0) is 24.5 Å². The summed E-state index contributed by atoms with van der Waals surface area (Å²) in [5.74, 6) is -0.269. The summed E-state index contributed by atoms with van der Waals surface area (Å²) >= 11 is 0. The van der Waals surface area contributed by atoms with Crippen LogP contribution in [0.2, 0.25) is 0 Å². The smallest absolute Gasteiger partial charge is 0.360 e. The molecular formula is C20H27N3O4. The Bertz CT molecular complexity index is 757. The van der Waals surface area contributed by atoms with Gasteiger partial charge in [-0.25, -0.2) is 14.6 Å². The summed E-state index contributed by atoms with van der Waals surface area (Å²) in [6, 6.07) is 7.52. The quantitative estimate of drug-likeness (QED) is 0.525. The van der Waals surface area contributed by atoms with Gasteiger partial charge in [0.1, 0.15) is 6.26 Å². The molecule has 146 valence electrons. The van der Waals surface area contributed by atoms with Gasteiger partial charge in [0.15, 0.2) is 5.69 Å². The van der Waals surface area contributed by atoms with Gasteiger partial charge >= 0.3 is 12.0 Å². The second kappa shape index (κ2) is 10.4. The molecule has 0 aliphatic rings. The normalized spacial score (nSPS) is 10.5. The number of urea groups is 1. The maximum atomic E-state index is 12.8. The van der Waals surface area contributed by atoms with Gasteiger partial charge in [-0.2, -0.15) is 0 Å². The van der Waals surface area contributed by atoms with Crippen molar-refractivity contribution < 1.29 is 18.7 Å². The number of nitrogens with one attached hydrogen (secondary N) is 1. The lowest BCUT2D eigenvalue weighted by atomic mass is 10.1. The highest BCUT2D eigenvalue weighted by atomic mass is 16.5. The molecule has 0 fully saturated rings. The number of ether oxygens (including phenoxy) is 1. The van der Waals surface area contributed by atoms with Crippen LogP contribution in [0.5, 0.6) is 0 Å². The van der Waals surface area contributed by atoms with E-state index in [-0.39, 0.29) is 18.3 Å². The molecule has 0 unspecified atom stereocenters. The predicted molar refractivity (Wildman–Crippen MR) is 103 cm³/mol. The van der Waals surface area contributed by atoms with Gasteiger partial charge in [-0.3, -0.25) is 0 Å². The number of carbonyl (C=O) groups excluding carboxylic acids is 2. The summed E-state index contributed by atoms with van der Waals surface area (Å²) in [6.07, 6.45) is 5.03. The zero-order chi connectivity index (χ0) is 19.6. The van der Waals surface area contributed by atoms with Gasteiger partial charge < -0.3 is 19.4 Å². The van der Waals surface area contributed by atoms with Gasteiger partial charge in [0.2, 0.25) is 5.89 Å². The summed E-state index contributed by atoms with van der Waals surface area (Å²) in [4.78, 5) is 30.1. The van der Waals surface area contributed by atoms with E-state index in [1.54, 1.807) is 4.90 Å². The van der Waals surface area contributed by atoms with Crippen molar-refractivity contribution in [2.45, 2.75) is 46.1 Å². The summed E-state index contributed by atoms with van der Waals surface area (Å²) in [6.45, 7) is 4.91. The zero-order valence-electron chi connectivity index (χ0n) is 16.2. The molecule has 2 aromatic rings. The van der Waals surface area contributed by atoms with Crippen molar-refractivity contribution in [3.05, 3.63) is 47.7 Å². The van der Waals surface area contributed by atoms with Crippen LogP contribution in [0.4, 0.5) is 10.5 Å². The van der Waals surface area contributed by atoms with Crippen LogP contribution in [0, 0.1) is 0 Å². The van der Waals surface area contributed by atoms with Crippen molar-refractivity contribution in [2.24, 2.45) is 0 Å². The summed E-state index contributed by atoms with van der Waals surface area (Å²) < 4.78 is 9.97. The maximum Gasteiger partial charge on any atom is 0.360 e. The summed E-state index contributed by atoms with van der Waals surface area (Å²) in [5, 5.41) is 2.98. The number of hydrogen-bond acceptors (Lipinski definition) is 5. The lowest BCUT2D eigenvalue weighted by Gasteiger charge is -2.22. The Morgan fingerprint density at radius 1 is 1.22 bits per heavy atom. The van der Waals surface area contributed by atoms with Crippen molar-refractivity contribution in [1.82, 2.24) is 9.88 Å². The number of aryl methyl sites for hydroxylation is 1. The number of aromatic nitrogens is 1. The second-order valence-electron chi connectivity index (χ2n) is 6.19. The molecular weight excluding hydrogens is 346 g/mol.